The van der Waals surface area contributed by atoms with Crippen molar-refractivity contribution >= 4 is 11.8 Å². The molecule has 2 N–H and O–H groups in total. The van der Waals surface area contributed by atoms with Gasteiger partial charge in [-0.2, -0.15) is 0 Å². The smallest absolute Gasteiger partial charge is 0.358 e. The Labute approximate surface area is 99.8 Å². The van der Waals surface area contributed by atoms with Gasteiger partial charge in [0.25, 0.3) is 0 Å². The average Bonchev–Trinajstić information content (AvgIpc) is 2.40. The van der Waals surface area contributed by atoms with E-state index in [-0.39, 0.29) is 5.69 Å². The zero-order valence-electron chi connectivity index (χ0n) is 9.77. The fourth-order valence-corrected chi connectivity index (χ4v) is 1.81. The highest BCUT2D eigenvalue weighted by Crippen LogP contribution is 2.09. The number of carbonyl (C=O) groups excluding carboxylic acids is 1. The first-order valence-electron chi connectivity index (χ1n) is 5.69. The number of methoxy groups -OCH3 is 1. The van der Waals surface area contributed by atoms with Crippen LogP contribution in [-0.2, 0) is 4.74 Å². The van der Waals surface area contributed by atoms with Crippen molar-refractivity contribution < 1.29 is 9.53 Å². The molecule has 1 unspecified atom stereocenters. The lowest BCUT2D eigenvalue weighted by Gasteiger charge is -2.23. The average molecular weight is 236 g/mol. The van der Waals surface area contributed by atoms with E-state index in [1.54, 1.807) is 12.1 Å². The molecule has 6 nitrogen and oxygen atoms in total. The number of esters is 1. The fraction of sp³-hybridized carbons (Fsp3) is 0.545. The van der Waals surface area contributed by atoms with Gasteiger partial charge in [0, 0.05) is 12.6 Å². The maximum atomic E-state index is 11.2. The molecule has 1 aromatic rings. The number of ether oxygens (including phenoxy) is 1. The number of piperidine rings is 1. The zero-order valence-corrected chi connectivity index (χ0v) is 9.77. The van der Waals surface area contributed by atoms with Gasteiger partial charge in [-0.25, -0.2) is 4.79 Å². The first-order chi connectivity index (χ1) is 8.29. The van der Waals surface area contributed by atoms with Crippen LogP contribution >= 0.6 is 0 Å². The largest absolute Gasteiger partial charge is 0.464 e. The molecule has 1 atom stereocenters. The second-order valence-corrected chi connectivity index (χ2v) is 3.98. The van der Waals surface area contributed by atoms with Crippen LogP contribution < -0.4 is 10.6 Å². The highest BCUT2D eigenvalue weighted by atomic mass is 16.5. The summed E-state index contributed by atoms with van der Waals surface area (Å²) in [5.41, 5.74) is 0.222. The molecule has 2 heterocycles. The molecule has 1 fully saturated rings. The number of anilines is 1. The molecule has 1 aliphatic heterocycles. The van der Waals surface area contributed by atoms with Crippen LogP contribution in [0.15, 0.2) is 12.1 Å². The SMILES string of the molecule is COC(=O)c1ccc(NC2CCCNC2)nn1. The minimum absolute atomic E-state index is 0.222. The second kappa shape index (κ2) is 5.58. The highest BCUT2D eigenvalue weighted by molar-refractivity contribution is 5.86. The van der Waals surface area contributed by atoms with Gasteiger partial charge in [0.1, 0.15) is 5.82 Å². The lowest BCUT2D eigenvalue weighted by Crippen LogP contribution is -2.38. The Morgan fingerprint density at radius 3 is 3.00 bits per heavy atom. The summed E-state index contributed by atoms with van der Waals surface area (Å²) in [6.07, 6.45) is 2.28. The van der Waals surface area contributed by atoms with Gasteiger partial charge in [-0.3, -0.25) is 0 Å². The normalized spacial score (nSPS) is 19.7. The van der Waals surface area contributed by atoms with Crippen molar-refractivity contribution in [3.63, 3.8) is 0 Å². The molecule has 17 heavy (non-hydrogen) atoms. The van der Waals surface area contributed by atoms with Crippen LogP contribution in [0.4, 0.5) is 5.82 Å². The van der Waals surface area contributed by atoms with Crippen molar-refractivity contribution in [2.45, 2.75) is 18.9 Å². The van der Waals surface area contributed by atoms with E-state index in [1.807, 2.05) is 0 Å². The van der Waals surface area contributed by atoms with Crippen molar-refractivity contribution in [1.29, 1.82) is 0 Å². The molecular formula is C11H16N4O2. The number of nitrogens with one attached hydrogen (secondary N) is 2. The minimum Gasteiger partial charge on any atom is -0.464 e. The zero-order chi connectivity index (χ0) is 12.1. The van der Waals surface area contributed by atoms with Crippen LogP contribution in [0.25, 0.3) is 0 Å². The first kappa shape index (κ1) is 11.8. The minimum atomic E-state index is -0.469. The Bertz CT molecular complexity index is 374. The van der Waals surface area contributed by atoms with Gasteiger partial charge in [-0.1, -0.05) is 0 Å². The molecule has 1 aromatic heterocycles. The van der Waals surface area contributed by atoms with Crippen molar-refractivity contribution in [2.75, 3.05) is 25.5 Å². The fourth-order valence-electron chi connectivity index (χ4n) is 1.81. The summed E-state index contributed by atoms with van der Waals surface area (Å²) in [5, 5.41) is 14.3. The monoisotopic (exact) mass is 236 g/mol. The summed E-state index contributed by atoms with van der Waals surface area (Å²) >= 11 is 0. The number of nitrogens with zero attached hydrogens (tertiary/aromatic N) is 2. The molecule has 92 valence electrons. The van der Waals surface area contributed by atoms with E-state index in [0.29, 0.717) is 11.9 Å². The molecule has 0 spiro atoms. The molecular weight excluding hydrogens is 220 g/mol. The molecule has 0 aliphatic carbocycles. The third-order valence-corrected chi connectivity index (χ3v) is 2.71. The van der Waals surface area contributed by atoms with Crippen LogP contribution in [0.2, 0.25) is 0 Å². The maximum Gasteiger partial charge on any atom is 0.358 e. The van der Waals surface area contributed by atoms with Crippen LogP contribution in [0.5, 0.6) is 0 Å². The van der Waals surface area contributed by atoms with Gasteiger partial charge in [0.2, 0.25) is 0 Å². The lowest BCUT2D eigenvalue weighted by atomic mass is 10.1. The Morgan fingerprint density at radius 1 is 1.53 bits per heavy atom. The molecule has 6 heteroatoms. The van der Waals surface area contributed by atoms with E-state index in [2.05, 4.69) is 25.6 Å². The van der Waals surface area contributed by atoms with E-state index < -0.39 is 5.97 Å². The third-order valence-electron chi connectivity index (χ3n) is 2.71. The van der Waals surface area contributed by atoms with Gasteiger partial charge in [-0.05, 0) is 31.5 Å². The molecule has 0 aromatic carbocycles. The Hall–Kier alpha value is -1.69. The van der Waals surface area contributed by atoms with Crippen LogP contribution in [0.1, 0.15) is 23.3 Å². The third kappa shape index (κ3) is 3.13. The molecule has 0 saturated carbocycles. The van der Waals surface area contributed by atoms with E-state index in [4.69, 9.17) is 0 Å². The van der Waals surface area contributed by atoms with Crippen molar-refractivity contribution in [2.24, 2.45) is 0 Å². The molecule has 0 radical (unpaired) electrons. The summed E-state index contributed by atoms with van der Waals surface area (Å²) in [5.74, 6) is 0.217. The van der Waals surface area contributed by atoms with Gasteiger partial charge >= 0.3 is 5.97 Å². The lowest BCUT2D eigenvalue weighted by molar-refractivity contribution is 0.0593. The molecule has 0 amide bonds. The number of hydrogen-bond donors (Lipinski definition) is 2. The molecule has 1 saturated heterocycles. The van der Waals surface area contributed by atoms with E-state index in [9.17, 15) is 4.79 Å². The predicted octanol–water partition coefficient (Wildman–Crippen LogP) is 0.427. The van der Waals surface area contributed by atoms with Crippen LogP contribution in [0, 0.1) is 0 Å². The second-order valence-electron chi connectivity index (χ2n) is 3.98. The summed E-state index contributed by atoms with van der Waals surface area (Å²) in [6.45, 7) is 2.01. The van der Waals surface area contributed by atoms with Gasteiger partial charge in [0.05, 0.1) is 7.11 Å². The highest BCUT2D eigenvalue weighted by Gasteiger charge is 2.13. The Morgan fingerprint density at radius 2 is 2.41 bits per heavy atom. The summed E-state index contributed by atoms with van der Waals surface area (Å²) < 4.78 is 4.55. The summed E-state index contributed by atoms with van der Waals surface area (Å²) in [4.78, 5) is 11.2. The quantitative estimate of drug-likeness (QED) is 0.741. The molecule has 2 rings (SSSR count). The van der Waals surface area contributed by atoms with Gasteiger partial charge < -0.3 is 15.4 Å². The number of carbonyl (C=O) groups is 1. The number of hydrogen-bond acceptors (Lipinski definition) is 6. The van der Waals surface area contributed by atoms with E-state index in [0.717, 1.165) is 25.9 Å². The number of rotatable bonds is 3. The van der Waals surface area contributed by atoms with Crippen molar-refractivity contribution in [3.05, 3.63) is 17.8 Å². The van der Waals surface area contributed by atoms with Gasteiger partial charge in [0.15, 0.2) is 5.69 Å². The molecule has 1 aliphatic rings. The van der Waals surface area contributed by atoms with E-state index in [1.165, 1.54) is 7.11 Å². The van der Waals surface area contributed by atoms with Crippen LogP contribution in [0.3, 0.4) is 0 Å². The number of aromatic nitrogens is 2. The van der Waals surface area contributed by atoms with E-state index >= 15 is 0 Å². The molecule has 0 bridgehead atoms. The van der Waals surface area contributed by atoms with Crippen molar-refractivity contribution in [1.82, 2.24) is 15.5 Å². The maximum absolute atomic E-state index is 11.2. The first-order valence-corrected chi connectivity index (χ1v) is 5.69. The summed E-state index contributed by atoms with van der Waals surface area (Å²) in [6, 6.07) is 3.73. The Balaban J connectivity index is 1.95. The van der Waals surface area contributed by atoms with Gasteiger partial charge in [-0.15, -0.1) is 10.2 Å². The summed E-state index contributed by atoms with van der Waals surface area (Å²) in [7, 11) is 1.32. The standard InChI is InChI=1S/C11H16N4O2/c1-17-11(16)9-4-5-10(15-14-9)13-8-3-2-6-12-7-8/h4-5,8,12H,2-3,6-7H2,1H3,(H,13,15). The van der Waals surface area contributed by atoms with Crippen molar-refractivity contribution in [3.8, 4) is 0 Å². The predicted molar refractivity (Wildman–Crippen MR) is 62.9 cm³/mol. The Kier molecular flexibility index (Phi) is 3.87. The topological polar surface area (TPSA) is 76.1 Å². The van der Waals surface area contributed by atoms with Crippen LogP contribution in [-0.4, -0.2) is 42.4 Å².